The Labute approximate surface area is 202 Å². The number of ether oxygens (including phenoxy) is 1. The molecule has 2 aliphatic rings. The molecule has 0 aromatic heterocycles. The average molecular weight is 482 g/mol. The molecule has 7 heteroatoms. The zero-order valence-corrected chi connectivity index (χ0v) is 20.3. The number of imide groups is 1. The predicted molar refractivity (Wildman–Crippen MR) is 132 cm³/mol. The number of benzene rings is 2. The van der Waals surface area contributed by atoms with E-state index in [-0.39, 0.29) is 12.3 Å². The third-order valence-corrected chi connectivity index (χ3v) is 7.38. The highest BCUT2D eigenvalue weighted by Gasteiger charge is 2.36. The van der Waals surface area contributed by atoms with E-state index in [1.807, 2.05) is 0 Å². The Hall–Kier alpha value is -2.83. The van der Waals surface area contributed by atoms with E-state index < -0.39 is 11.1 Å². The van der Waals surface area contributed by atoms with Crippen LogP contribution in [0.15, 0.2) is 53.0 Å². The molecule has 0 N–H and O–H groups in total. The Morgan fingerprint density at radius 1 is 1.12 bits per heavy atom. The van der Waals surface area contributed by atoms with Crippen LogP contribution in [0.5, 0.6) is 5.75 Å². The molecule has 2 aromatic rings. The first-order valence-electron chi connectivity index (χ1n) is 10.7. The molecule has 0 bridgehead atoms. The molecule has 4 rings (SSSR count). The molecule has 33 heavy (non-hydrogen) atoms. The van der Waals surface area contributed by atoms with Gasteiger partial charge in [-0.1, -0.05) is 17.7 Å². The fourth-order valence-corrected chi connectivity index (χ4v) is 5.15. The quantitative estimate of drug-likeness (QED) is 0.383. The van der Waals surface area contributed by atoms with Gasteiger partial charge in [-0.3, -0.25) is 19.3 Å². The van der Waals surface area contributed by atoms with Gasteiger partial charge in [-0.05, 0) is 109 Å². The van der Waals surface area contributed by atoms with Gasteiger partial charge in [-0.15, -0.1) is 0 Å². The lowest BCUT2D eigenvalue weighted by Crippen LogP contribution is -2.33. The summed E-state index contributed by atoms with van der Waals surface area (Å²) in [6, 6.07) is 10.8. The summed E-state index contributed by atoms with van der Waals surface area (Å²) in [4.78, 5) is 39.4. The number of fused-ring (bicyclic) bond motifs is 1. The number of carbonyl (C=O) groups excluding carboxylic acids is 3. The Morgan fingerprint density at radius 3 is 2.52 bits per heavy atom. The fraction of sp³-hybridized carbons (Fsp3) is 0.269. The number of amides is 2. The molecule has 2 aromatic carbocycles. The Kier molecular flexibility index (Phi) is 6.77. The van der Waals surface area contributed by atoms with E-state index in [4.69, 9.17) is 16.3 Å². The number of carbonyl (C=O) groups is 3. The summed E-state index contributed by atoms with van der Waals surface area (Å²) in [5.74, 6) is -0.151. The van der Waals surface area contributed by atoms with Crippen LogP contribution in [0.1, 0.15) is 45.5 Å². The van der Waals surface area contributed by atoms with Crippen molar-refractivity contribution in [3.05, 3.63) is 80.8 Å². The molecule has 2 amide bonds. The van der Waals surface area contributed by atoms with Crippen molar-refractivity contribution < 1.29 is 19.1 Å². The minimum Gasteiger partial charge on any atom is -0.497 e. The number of ketones is 1. The van der Waals surface area contributed by atoms with Gasteiger partial charge in [0.1, 0.15) is 5.75 Å². The van der Waals surface area contributed by atoms with Crippen LogP contribution >= 0.6 is 23.4 Å². The molecule has 0 spiro atoms. The maximum atomic E-state index is 13.0. The van der Waals surface area contributed by atoms with Crippen LogP contribution in [-0.2, 0) is 11.2 Å². The highest BCUT2D eigenvalue weighted by molar-refractivity contribution is 8.18. The third kappa shape index (κ3) is 4.77. The second-order valence-corrected chi connectivity index (χ2v) is 9.58. The topological polar surface area (TPSA) is 63.7 Å². The number of allylic oxidation sites excluding steroid dienone is 2. The fourth-order valence-electron chi connectivity index (χ4n) is 3.98. The van der Waals surface area contributed by atoms with Crippen LogP contribution in [-0.4, -0.2) is 35.5 Å². The summed E-state index contributed by atoms with van der Waals surface area (Å²) < 4.78 is 5.10. The van der Waals surface area contributed by atoms with Gasteiger partial charge >= 0.3 is 0 Å². The molecule has 1 aliphatic carbocycles. The zero-order chi connectivity index (χ0) is 23.7. The SMILES string of the molecule is COc1ccc(C(=O)CN2C(=O)S/C(=C\C3=C(Cl)c4cc(C)c(C)cc4CCC3)C2=O)cc1. The lowest BCUT2D eigenvalue weighted by molar-refractivity contribution is -0.122. The number of thioether (sulfide) groups is 1. The number of nitrogens with zero attached hydrogens (tertiary/aromatic N) is 1. The van der Waals surface area contributed by atoms with Gasteiger partial charge < -0.3 is 4.74 Å². The molecule has 0 radical (unpaired) electrons. The second kappa shape index (κ2) is 9.57. The smallest absolute Gasteiger partial charge is 0.293 e. The van der Waals surface area contributed by atoms with Crippen molar-refractivity contribution in [3.8, 4) is 5.75 Å². The van der Waals surface area contributed by atoms with E-state index >= 15 is 0 Å². The summed E-state index contributed by atoms with van der Waals surface area (Å²) in [7, 11) is 1.54. The summed E-state index contributed by atoms with van der Waals surface area (Å²) in [6.07, 6.45) is 4.23. The van der Waals surface area contributed by atoms with Crippen LogP contribution in [0.25, 0.3) is 5.03 Å². The van der Waals surface area contributed by atoms with Gasteiger partial charge in [0.2, 0.25) is 0 Å². The first-order valence-corrected chi connectivity index (χ1v) is 11.9. The molecule has 0 unspecified atom stereocenters. The normalized spacial score (nSPS) is 17.5. The number of methoxy groups -OCH3 is 1. The first-order chi connectivity index (χ1) is 15.8. The summed E-state index contributed by atoms with van der Waals surface area (Å²) in [5, 5.41) is 0.164. The van der Waals surface area contributed by atoms with Crippen LogP contribution < -0.4 is 4.74 Å². The highest BCUT2D eigenvalue weighted by Crippen LogP contribution is 2.38. The molecular formula is C26H24ClNO4S. The molecule has 5 nitrogen and oxygen atoms in total. The minimum absolute atomic E-state index is 0.294. The predicted octanol–water partition coefficient (Wildman–Crippen LogP) is 6.06. The molecule has 1 heterocycles. The van der Waals surface area contributed by atoms with E-state index in [1.54, 1.807) is 37.5 Å². The number of halogens is 1. The van der Waals surface area contributed by atoms with Crippen molar-refractivity contribution in [3.63, 3.8) is 0 Å². The van der Waals surface area contributed by atoms with Crippen LogP contribution in [0.2, 0.25) is 0 Å². The Morgan fingerprint density at radius 2 is 1.82 bits per heavy atom. The second-order valence-electron chi connectivity index (χ2n) is 8.21. The molecule has 170 valence electrons. The molecule has 0 saturated carbocycles. The molecular weight excluding hydrogens is 458 g/mol. The Bertz CT molecular complexity index is 1210. The van der Waals surface area contributed by atoms with Crippen molar-refractivity contribution in [2.24, 2.45) is 0 Å². The van der Waals surface area contributed by atoms with Crippen LogP contribution in [0.3, 0.4) is 0 Å². The van der Waals surface area contributed by atoms with E-state index in [1.165, 1.54) is 11.1 Å². The van der Waals surface area contributed by atoms with Crippen molar-refractivity contribution in [1.29, 1.82) is 0 Å². The van der Waals surface area contributed by atoms with Gasteiger partial charge in [0.05, 0.1) is 23.6 Å². The zero-order valence-electron chi connectivity index (χ0n) is 18.7. The van der Waals surface area contributed by atoms with E-state index in [9.17, 15) is 14.4 Å². The van der Waals surface area contributed by atoms with Gasteiger partial charge in [-0.25, -0.2) is 0 Å². The standard InChI is InChI=1S/C26H24ClNO4S/c1-15-11-18-5-4-6-19(24(27)21(18)12-16(15)2)13-23-25(30)28(26(31)33-23)14-22(29)17-7-9-20(32-3)10-8-17/h7-13H,4-6,14H2,1-3H3/b23-13-. The lowest BCUT2D eigenvalue weighted by Gasteiger charge is -2.12. The van der Waals surface area contributed by atoms with Crippen molar-refractivity contribution in [1.82, 2.24) is 4.90 Å². The maximum Gasteiger partial charge on any atom is 0.293 e. The number of Topliss-reactive ketones (excluding diaryl/α,β-unsaturated/α-hetero) is 1. The van der Waals surface area contributed by atoms with Gasteiger partial charge in [0.25, 0.3) is 11.1 Å². The van der Waals surface area contributed by atoms with Crippen molar-refractivity contribution in [2.75, 3.05) is 13.7 Å². The minimum atomic E-state index is -0.464. The number of hydrogen-bond acceptors (Lipinski definition) is 5. The van der Waals surface area contributed by atoms with Gasteiger partial charge in [0, 0.05) is 5.56 Å². The van der Waals surface area contributed by atoms with E-state index in [0.717, 1.165) is 46.2 Å². The molecule has 1 saturated heterocycles. The molecule has 0 atom stereocenters. The lowest BCUT2D eigenvalue weighted by atomic mass is 9.98. The van der Waals surface area contributed by atoms with E-state index in [0.29, 0.717) is 27.7 Å². The summed E-state index contributed by atoms with van der Waals surface area (Å²) >= 11 is 7.63. The van der Waals surface area contributed by atoms with Gasteiger partial charge in [0.15, 0.2) is 5.78 Å². The third-order valence-electron chi connectivity index (χ3n) is 6.02. The monoisotopic (exact) mass is 481 g/mol. The summed E-state index contributed by atoms with van der Waals surface area (Å²) in [5.41, 5.74) is 5.82. The molecule has 1 aliphatic heterocycles. The van der Waals surface area contributed by atoms with Crippen molar-refractivity contribution in [2.45, 2.75) is 33.1 Å². The number of rotatable bonds is 5. The van der Waals surface area contributed by atoms with Crippen LogP contribution in [0.4, 0.5) is 4.79 Å². The van der Waals surface area contributed by atoms with Gasteiger partial charge in [-0.2, -0.15) is 0 Å². The number of aryl methyl sites for hydroxylation is 3. The first kappa shape index (κ1) is 23.3. The highest BCUT2D eigenvalue weighted by atomic mass is 35.5. The maximum absolute atomic E-state index is 13.0. The summed E-state index contributed by atoms with van der Waals surface area (Å²) in [6.45, 7) is 3.83. The molecule has 1 fully saturated rings. The van der Waals surface area contributed by atoms with E-state index in [2.05, 4.69) is 26.0 Å². The number of hydrogen-bond donors (Lipinski definition) is 0. The average Bonchev–Trinajstić information content (AvgIpc) is 2.97. The van der Waals surface area contributed by atoms with Crippen LogP contribution in [0, 0.1) is 13.8 Å². The Balaban J connectivity index is 1.57. The largest absolute Gasteiger partial charge is 0.497 e. The van der Waals surface area contributed by atoms with Crippen molar-refractivity contribution >= 4 is 45.3 Å².